The molecule has 0 bridgehead atoms. The highest BCUT2D eigenvalue weighted by Gasteiger charge is 2.30. The van der Waals surface area contributed by atoms with E-state index in [1.807, 2.05) is 0 Å². The Morgan fingerprint density at radius 2 is 2.44 bits per heavy atom. The number of rotatable bonds is 2. The van der Waals surface area contributed by atoms with Crippen molar-refractivity contribution in [2.24, 2.45) is 5.92 Å². The number of halogens is 1. The van der Waals surface area contributed by atoms with E-state index in [9.17, 15) is 9.90 Å². The van der Waals surface area contributed by atoms with Gasteiger partial charge in [0, 0.05) is 29.7 Å². The first kappa shape index (κ1) is 13.3. The van der Waals surface area contributed by atoms with Crippen LogP contribution in [0.3, 0.4) is 0 Å². The number of aromatic nitrogens is 1. The number of carbonyl (C=O) groups excluding carboxylic acids is 1. The maximum Gasteiger partial charge on any atom is 0.257 e. The molecule has 5 nitrogen and oxygen atoms in total. The van der Waals surface area contributed by atoms with Crippen molar-refractivity contribution < 1.29 is 9.90 Å². The fourth-order valence-corrected chi connectivity index (χ4v) is 2.49. The summed E-state index contributed by atoms with van der Waals surface area (Å²) in [4.78, 5) is 18.0. The number of hydrogen-bond acceptors (Lipinski definition) is 4. The zero-order chi connectivity index (χ0) is 13.3. The topological polar surface area (TPSA) is 79.5 Å². The molecule has 2 heterocycles. The Morgan fingerprint density at radius 3 is 3.06 bits per heavy atom. The molecule has 0 radical (unpaired) electrons. The van der Waals surface area contributed by atoms with Crippen molar-refractivity contribution >= 4 is 27.7 Å². The van der Waals surface area contributed by atoms with Crippen LogP contribution in [0.5, 0.6) is 0 Å². The summed E-state index contributed by atoms with van der Waals surface area (Å²) in [6.07, 6.45) is 2.00. The van der Waals surface area contributed by atoms with E-state index < -0.39 is 0 Å². The van der Waals surface area contributed by atoms with E-state index in [0.717, 1.165) is 10.9 Å². The van der Waals surface area contributed by atoms with E-state index >= 15 is 0 Å². The second-order valence-electron chi connectivity index (χ2n) is 4.63. The summed E-state index contributed by atoms with van der Waals surface area (Å²) in [7, 11) is 0. The third-order valence-corrected chi connectivity index (χ3v) is 3.74. The van der Waals surface area contributed by atoms with E-state index in [1.54, 1.807) is 24.1 Å². The Balaban J connectivity index is 2.15. The first-order valence-corrected chi connectivity index (χ1v) is 6.66. The third kappa shape index (κ3) is 2.64. The molecular weight excluding hydrogens is 298 g/mol. The fourth-order valence-electron chi connectivity index (χ4n) is 2.16. The SMILES string of the molecule is CC(O)C1CCN(C(=O)c2cc(Br)cnc2N)C1. The summed E-state index contributed by atoms with van der Waals surface area (Å²) < 4.78 is 0.728. The van der Waals surface area contributed by atoms with Gasteiger partial charge in [0.25, 0.3) is 5.91 Å². The largest absolute Gasteiger partial charge is 0.393 e. The number of aliphatic hydroxyl groups excluding tert-OH is 1. The first-order chi connectivity index (χ1) is 8.49. The van der Waals surface area contributed by atoms with Gasteiger partial charge in [0.1, 0.15) is 5.82 Å². The lowest BCUT2D eigenvalue weighted by Gasteiger charge is -2.18. The number of nitrogens with zero attached hydrogens (tertiary/aromatic N) is 2. The molecule has 2 unspecified atom stereocenters. The normalized spacial score (nSPS) is 21.1. The number of anilines is 1. The Morgan fingerprint density at radius 1 is 1.72 bits per heavy atom. The molecule has 1 aromatic heterocycles. The summed E-state index contributed by atoms with van der Waals surface area (Å²) in [5.74, 6) is 0.267. The highest BCUT2D eigenvalue weighted by molar-refractivity contribution is 9.10. The molecule has 18 heavy (non-hydrogen) atoms. The van der Waals surface area contributed by atoms with E-state index in [0.29, 0.717) is 18.7 Å². The van der Waals surface area contributed by atoms with Crippen molar-refractivity contribution in [3.05, 3.63) is 22.3 Å². The first-order valence-electron chi connectivity index (χ1n) is 5.87. The number of hydrogen-bond donors (Lipinski definition) is 2. The van der Waals surface area contributed by atoms with Gasteiger partial charge in [-0.15, -0.1) is 0 Å². The van der Waals surface area contributed by atoms with Crippen LogP contribution in [-0.2, 0) is 0 Å². The number of amides is 1. The predicted molar refractivity (Wildman–Crippen MR) is 72.0 cm³/mol. The van der Waals surface area contributed by atoms with Crippen LogP contribution in [-0.4, -0.2) is 40.1 Å². The summed E-state index contributed by atoms with van der Waals surface area (Å²) in [6.45, 7) is 2.98. The fraction of sp³-hybridized carbons (Fsp3) is 0.500. The van der Waals surface area contributed by atoms with Gasteiger partial charge < -0.3 is 15.7 Å². The molecule has 1 aliphatic heterocycles. The molecule has 0 aliphatic carbocycles. The minimum atomic E-state index is -0.388. The van der Waals surface area contributed by atoms with E-state index in [-0.39, 0.29) is 23.7 Å². The predicted octanol–water partition coefficient (Wildman–Crippen LogP) is 1.27. The van der Waals surface area contributed by atoms with Crippen molar-refractivity contribution in [1.82, 2.24) is 9.88 Å². The number of carbonyl (C=O) groups is 1. The Bertz CT molecular complexity index is 465. The lowest BCUT2D eigenvalue weighted by Crippen LogP contribution is -2.31. The number of pyridine rings is 1. The zero-order valence-electron chi connectivity index (χ0n) is 10.1. The van der Waals surface area contributed by atoms with Crippen molar-refractivity contribution in [3.8, 4) is 0 Å². The van der Waals surface area contributed by atoms with E-state index in [2.05, 4.69) is 20.9 Å². The second kappa shape index (κ2) is 5.24. The average molecular weight is 314 g/mol. The van der Waals surface area contributed by atoms with Crippen LogP contribution in [0, 0.1) is 5.92 Å². The van der Waals surface area contributed by atoms with Crippen LogP contribution in [0.2, 0.25) is 0 Å². The van der Waals surface area contributed by atoms with Crippen LogP contribution in [0.25, 0.3) is 0 Å². The van der Waals surface area contributed by atoms with Crippen LogP contribution >= 0.6 is 15.9 Å². The average Bonchev–Trinajstić information content (AvgIpc) is 2.81. The zero-order valence-corrected chi connectivity index (χ0v) is 11.7. The van der Waals surface area contributed by atoms with Crippen molar-refractivity contribution in [1.29, 1.82) is 0 Å². The molecule has 2 rings (SSSR count). The molecule has 6 heteroatoms. The molecule has 1 amide bonds. The lowest BCUT2D eigenvalue weighted by molar-refractivity contribution is 0.0763. The standard InChI is InChI=1S/C12H16BrN3O2/c1-7(17)8-2-3-16(6-8)12(18)10-4-9(13)5-15-11(10)14/h4-5,7-8,17H,2-3,6H2,1H3,(H2,14,15). The van der Waals surface area contributed by atoms with Gasteiger partial charge in [0.15, 0.2) is 0 Å². The van der Waals surface area contributed by atoms with Gasteiger partial charge in [-0.25, -0.2) is 4.98 Å². The molecule has 1 fully saturated rings. The highest BCUT2D eigenvalue weighted by Crippen LogP contribution is 2.24. The Kier molecular flexibility index (Phi) is 3.87. The minimum Gasteiger partial charge on any atom is -0.393 e. The molecule has 3 N–H and O–H groups in total. The maximum atomic E-state index is 12.3. The van der Waals surface area contributed by atoms with Gasteiger partial charge in [-0.3, -0.25) is 4.79 Å². The van der Waals surface area contributed by atoms with Crippen LogP contribution in [0.1, 0.15) is 23.7 Å². The monoisotopic (exact) mass is 313 g/mol. The van der Waals surface area contributed by atoms with Gasteiger partial charge in [0.05, 0.1) is 11.7 Å². The molecular formula is C12H16BrN3O2. The maximum absolute atomic E-state index is 12.3. The molecule has 1 saturated heterocycles. The van der Waals surface area contributed by atoms with Gasteiger partial charge in [-0.2, -0.15) is 0 Å². The molecule has 0 saturated carbocycles. The summed E-state index contributed by atoms with van der Waals surface area (Å²) in [6, 6.07) is 1.68. The van der Waals surface area contributed by atoms with Gasteiger partial charge in [-0.05, 0) is 35.3 Å². The van der Waals surface area contributed by atoms with Crippen LogP contribution in [0.15, 0.2) is 16.7 Å². The number of likely N-dealkylation sites (tertiary alicyclic amines) is 1. The van der Waals surface area contributed by atoms with Gasteiger partial charge in [-0.1, -0.05) is 0 Å². The van der Waals surface area contributed by atoms with Crippen LogP contribution in [0.4, 0.5) is 5.82 Å². The number of nitrogen functional groups attached to an aromatic ring is 1. The van der Waals surface area contributed by atoms with Crippen molar-refractivity contribution in [2.45, 2.75) is 19.4 Å². The van der Waals surface area contributed by atoms with E-state index in [4.69, 9.17) is 5.73 Å². The lowest BCUT2D eigenvalue weighted by atomic mass is 10.0. The molecule has 1 aromatic rings. The van der Waals surface area contributed by atoms with Crippen molar-refractivity contribution in [2.75, 3.05) is 18.8 Å². The minimum absolute atomic E-state index is 0.121. The molecule has 0 spiro atoms. The number of aliphatic hydroxyl groups is 1. The Hall–Kier alpha value is -1.14. The Labute approximate surface area is 114 Å². The smallest absolute Gasteiger partial charge is 0.257 e. The third-order valence-electron chi connectivity index (χ3n) is 3.31. The quantitative estimate of drug-likeness (QED) is 0.861. The van der Waals surface area contributed by atoms with E-state index in [1.165, 1.54) is 0 Å². The molecule has 0 aromatic carbocycles. The van der Waals surface area contributed by atoms with Gasteiger partial charge in [0.2, 0.25) is 0 Å². The molecule has 2 atom stereocenters. The highest BCUT2D eigenvalue weighted by atomic mass is 79.9. The second-order valence-corrected chi connectivity index (χ2v) is 5.54. The summed E-state index contributed by atoms with van der Waals surface area (Å²) in [5, 5.41) is 9.54. The molecule has 98 valence electrons. The number of nitrogens with two attached hydrogens (primary N) is 1. The van der Waals surface area contributed by atoms with Crippen molar-refractivity contribution in [3.63, 3.8) is 0 Å². The van der Waals surface area contributed by atoms with Gasteiger partial charge >= 0.3 is 0 Å². The summed E-state index contributed by atoms with van der Waals surface area (Å²) in [5.41, 5.74) is 6.14. The summed E-state index contributed by atoms with van der Waals surface area (Å²) >= 11 is 3.28. The molecule has 1 aliphatic rings. The van der Waals surface area contributed by atoms with Crippen LogP contribution < -0.4 is 5.73 Å².